The number of pyridine rings is 1. The molecule has 1 unspecified atom stereocenters. The summed E-state index contributed by atoms with van der Waals surface area (Å²) in [5.74, 6) is -1.09. The van der Waals surface area contributed by atoms with Crippen LogP contribution in [0.15, 0.2) is 38.6 Å². The van der Waals surface area contributed by atoms with Crippen molar-refractivity contribution >= 4 is 29.2 Å². The molecule has 0 fully saturated rings. The molecule has 12 heteroatoms. The Kier molecular flexibility index (Phi) is 5.19. The SMILES string of the molecule is CC1CCc2c(Oc3c(Cl)cc(-n4nc(C(=O)O)c(=O)[nH]c4=O)cc3Cl)ccc(=O)n21. The molecule has 10 nitrogen and oxygen atoms in total. The summed E-state index contributed by atoms with van der Waals surface area (Å²) >= 11 is 12.6. The van der Waals surface area contributed by atoms with Gasteiger partial charge in [-0.3, -0.25) is 14.6 Å². The Labute approximate surface area is 183 Å². The molecule has 0 aliphatic carbocycles. The van der Waals surface area contributed by atoms with Gasteiger partial charge in [0.25, 0.3) is 11.1 Å². The van der Waals surface area contributed by atoms with Gasteiger partial charge >= 0.3 is 11.7 Å². The van der Waals surface area contributed by atoms with Crippen molar-refractivity contribution in [3.63, 3.8) is 0 Å². The minimum absolute atomic E-state index is 0.00951. The fourth-order valence-corrected chi connectivity index (χ4v) is 4.01. The molecule has 2 aromatic heterocycles. The van der Waals surface area contributed by atoms with Crippen LogP contribution in [0.5, 0.6) is 11.5 Å². The number of aromatic amines is 1. The van der Waals surface area contributed by atoms with Crippen molar-refractivity contribution < 1.29 is 14.6 Å². The van der Waals surface area contributed by atoms with Crippen LogP contribution in [0.3, 0.4) is 0 Å². The van der Waals surface area contributed by atoms with E-state index in [9.17, 15) is 19.2 Å². The number of halogens is 2. The number of benzene rings is 1. The number of carboxylic acids is 1. The van der Waals surface area contributed by atoms with Gasteiger partial charge in [-0.15, -0.1) is 0 Å². The van der Waals surface area contributed by atoms with Crippen LogP contribution >= 0.6 is 23.2 Å². The summed E-state index contributed by atoms with van der Waals surface area (Å²) in [6, 6.07) is 5.56. The summed E-state index contributed by atoms with van der Waals surface area (Å²) in [6.07, 6.45) is 1.44. The van der Waals surface area contributed by atoms with Gasteiger partial charge in [-0.2, -0.15) is 9.78 Å². The Morgan fingerprint density at radius 2 is 1.90 bits per heavy atom. The van der Waals surface area contributed by atoms with Gasteiger partial charge in [0.2, 0.25) is 5.69 Å². The van der Waals surface area contributed by atoms with E-state index in [4.69, 9.17) is 33.0 Å². The number of hydrogen-bond donors (Lipinski definition) is 2. The lowest BCUT2D eigenvalue weighted by atomic mass is 10.2. The lowest BCUT2D eigenvalue weighted by Crippen LogP contribution is -2.35. The molecule has 1 aliphatic rings. The molecule has 1 atom stereocenters. The quantitative estimate of drug-likeness (QED) is 0.604. The second kappa shape index (κ2) is 7.71. The van der Waals surface area contributed by atoms with Crippen molar-refractivity contribution in [3.8, 4) is 17.2 Å². The summed E-state index contributed by atoms with van der Waals surface area (Å²) in [4.78, 5) is 48.9. The van der Waals surface area contributed by atoms with E-state index in [-0.39, 0.29) is 33.1 Å². The number of ether oxygens (including phenoxy) is 1. The Morgan fingerprint density at radius 3 is 2.55 bits per heavy atom. The van der Waals surface area contributed by atoms with Crippen molar-refractivity contribution in [1.29, 1.82) is 0 Å². The lowest BCUT2D eigenvalue weighted by molar-refractivity contribution is 0.0685. The summed E-state index contributed by atoms with van der Waals surface area (Å²) in [5.41, 5.74) is -2.35. The highest BCUT2D eigenvalue weighted by Crippen LogP contribution is 2.40. The molecule has 1 aliphatic heterocycles. The van der Waals surface area contributed by atoms with Crippen LogP contribution in [0.2, 0.25) is 10.0 Å². The first-order chi connectivity index (χ1) is 14.7. The van der Waals surface area contributed by atoms with E-state index in [1.807, 2.05) is 11.9 Å². The van der Waals surface area contributed by atoms with Crippen LogP contribution in [-0.4, -0.2) is 30.4 Å². The number of fused-ring (bicyclic) bond motifs is 1. The number of carboxylic acid groups (broad SMARTS) is 1. The van der Waals surface area contributed by atoms with Gasteiger partial charge in [0.1, 0.15) is 5.75 Å². The Morgan fingerprint density at radius 1 is 1.23 bits per heavy atom. The number of nitrogens with zero attached hydrogens (tertiary/aromatic N) is 3. The average molecular weight is 465 g/mol. The molecule has 0 radical (unpaired) electrons. The summed E-state index contributed by atoms with van der Waals surface area (Å²) < 4.78 is 8.22. The standard InChI is InChI=1S/C19H14Cl2N4O6/c1-8-2-3-12-13(4-5-14(26)24(8)12)31-16-10(20)6-9(7-11(16)21)25-19(30)22-17(27)15(23-25)18(28)29/h4-8H,2-3H2,1H3,(H,28,29)(H,22,27,30). The minimum Gasteiger partial charge on any atom is -0.476 e. The minimum atomic E-state index is -1.60. The maximum atomic E-state index is 12.1. The fraction of sp³-hybridized carbons (Fsp3) is 0.211. The Hall–Kier alpha value is -3.37. The molecule has 0 amide bonds. The number of nitrogens with one attached hydrogen (secondary N) is 1. The zero-order chi connectivity index (χ0) is 22.4. The molecule has 0 bridgehead atoms. The smallest absolute Gasteiger partial charge is 0.362 e. The summed E-state index contributed by atoms with van der Waals surface area (Å²) in [6.45, 7) is 1.94. The topological polar surface area (TPSA) is 136 Å². The predicted molar refractivity (Wildman–Crippen MR) is 111 cm³/mol. The molecule has 0 saturated heterocycles. The van der Waals surface area contributed by atoms with Crippen molar-refractivity contribution in [2.45, 2.75) is 25.8 Å². The zero-order valence-corrected chi connectivity index (χ0v) is 17.4. The molecule has 0 spiro atoms. The van der Waals surface area contributed by atoms with Gasteiger partial charge in [-0.05, 0) is 38.0 Å². The molecule has 3 heterocycles. The summed E-state index contributed by atoms with van der Waals surface area (Å²) in [5, 5.41) is 12.7. The van der Waals surface area contributed by atoms with Crippen molar-refractivity contribution in [1.82, 2.24) is 19.3 Å². The monoisotopic (exact) mass is 464 g/mol. The Balaban J connectivity index is 1.78. The number of H-pyrrole nitrogens is 1. The van der Waals surface area contributed by atoms with Crippen molar-refractivity contribution in [3.05, 3.63) is 76.9 Å². The second-order valence-corrected chi connectivity index (χ2v) is 7.72. The van der Waals surface area contributed by atoms with Gasteiger partial charge in [-0.1, -0.05) is 23.2 Å². The first-order valence-electron chi connectivity index (χ1n) is 9.06. The average Bonchev–Trinajstić information content (AvgIpc) is 3.08. The van der Waals surface area contributed by atoms with Crippen molar-refractivity contribution in [2.24, 2.45) is 0 Å². The van der Waals surface area contributed by atoms with Crippen LogP contribution in [0, 0.1) is 0 Å². The highest BCUT2D eigenvalue weighted by Gasteiger charge is 2.24. The second-order valence-electron chi connectivity index (χ2n) is 6.91. The number of hydrogen-bond acceptors (Lipinski definition) is 6. The van der Waals surface area contributed by atoms with Gasteiger partial charge < -0.3 is 14.4 Å². The number of carbonyl (C=O) groups is 1. The van der Waals surface area contributed by atoms with E-state index < -0.39 is 22.9 Å². The van der Waals surface area contributed by atoms with Crippen molar-refractivity contribution in [2.75, 3.05) is 0 Å². The first-order valence-corrected chi connectivity index (χ1v) is 9.81. The van der Waals surface area contributed by atoms with Gasteiger partial charge in [0.05, 0.1) is 21.4 Å². The largest absolute Gasteiger partial charge is 0.476 e. The maximum Gasteiger partial charge on any atom is 0.362 e. The molecule has 3 aromatic rings. The maximum absolute atomic E-state index is 12.1. The van der Waals surface area contributed by atoms with Crippen LogP contribution in [0.1, 0.15) is 35.6 Å². The summed E-state index contributed by atoms with van der Waals surface area (Å²) in [7, 11) is 0. The van der Waals surface area contributed by atoms with Crippen LogP contribution in [-0.2, 0) is 6.42 Å². The van der Waals surface area contributed by atoms with Gasteiger partial charge in [0.15, 0.2) is 5.75 Å². The van der Waals surface area contributed by atoms with E-state index in [1.165, 1.54) is 18.2 Å². The molecular weight excluding hydrogens is 451 g/mol. The number of aromatic carboxylic acids is 1. The molecule has 160 valence electrons. The third kappa shape index (κ3) is 3.64. The highest BCUT2D eigenvalue weighted by atomic mass is 35.5. The van der Waals surface area contributed by atoms with Crippen LogP contribution in [0.4, 0.5) is 0 Å². The molecule has 1 aromatic carbocycles. The first kappa shape index (κ1) is 20.9. The van der Waals surface area contributed by atoms with E-state index in [0.717, 1.165) is 12.1 Å². The van der Waals surface area contributed by atoms with E-state index in [2.05, 4.69) is 5.10 Å². The van der Waals surface area contributed by atoms with Crippen LogP contribution < -0.4 is 21.5 Å². The van der Waals surface area contributed by atoms with Gasteiger partial charge in [0, 0.05) is 12.1 Å². The molecule has 0 saturated carbocycles. The third-order valence-corrected chi connectivity index (χ3v) is 5.46. The van der Waals surface area contributed by atoms with Crippen LogP contribution in [0.25, 0.3) is 5.69 Å². The van der Waals surface area contributed by atoms with E-state index >= 15 is 0 Å². The molecule has 2 N–H and O–H groups in total. The Bertz CT molecular complexity index is 1380. The van der Waals surface area contributed by atoms with E-state index in [0.29, 0.717) is 16.9 Å². The number of rotatable bonds is 4. The fourth-order valence-electron chi connectivity index (χ4n) is 3.46. The molecule has 4 rings (SSSR count). The third-order valence-electron chi connectivity index (χ3n) is 4.90. The zero-order valence-electron chi connectivity index (χ0n) is 15.9. The number of aromatic nitrogens is 4. The van der Waals surface area contributed by atoms with Gasteiger partial charge in [-0.25, -0.2) is 9.59 Å². The highest BCUT2D eigenvalue weighted by molar-refractivity contribution is 6.37. The van der Waals surface area contributed by atoms with E-state index in [1.54, 1.807) is 10.6 Å². The lowest BCUT2D eigenvalue weighted by Gasteiger charge is -2.16. The molecular formula is C19H14Cl2N4O6. The molecule has 31 heavy (non-hydrogen) atoms. The predicted octanol–water partition coefficient (Wildman–Crippen LogP) is 2.39. The normalized spacial score (nSPS) is 15.0.